The van der Waals surface area contributed by atoms with Gasteiger partial charge in [-0.3, -0.25) is 0 Å². The Labute approximate surface area is 209 Å². The highest BCUT2D eigenvalue weighted by molar-refractivity contribution is 9.10. The van der Waals surface area contributed by atoms with Crippen LogP contribution in [0.5, 0.6) is 11.5 Å². The van der Waals surface area contributed by atoms with Gasteiger partial charge >= 0.3 is 5.97 Å². The van der Waals surface area contributed by atoms with E-state index >= 15 is 0 Å². The Morgan fingerprint density at radius 1 is 1.16 bits per heavy atom. The minimum atomic E-state index is -0.356. The van der Waals surface area contributed by atoms with E-state index in [0.717, 1.165) is 34.5 Å². The van der Waals surface area contributed by atoms with Crippen molar-refractivity contribution in [2.24, 2.45) is 0 Å². The molecule has 0 atom stereocenters. The number of morpholine rings is 1. The first kappa shape index (κ1) is 28.2. The zero-order valence-corrected chi connectivity index (χ0v) is 21.5. The van der Waals surface area contributed by atoms with E-state index in [1.54, 1.807) is 7.11 Å². The lowest BCUT2D eigenvalue weighted by atomic mass is 10.1. The number of halogens is 3. The van der Waals surface area contributed by atoms with Crippen LogP contribution in [0.1, 0.15) is 22.8 Å². The molecule has 2 aromatic carbocycles. The minimum absolute atomic E-state index is 0. The van der Waals surface area contributed by atoms with Crippen LogP contribution in [-0.4, -0.2) is 53.1 Å². The number of hydrogen-bond acceptors (Lipinski definition) is 7. The maximum absolute atomic E-state index is 12.4. The first-order valence-corrected chi connectivity index (χ1v) is 10.6. The molecule has 32 heavy (non-hydrogen) atoms. The smallest absolute Gasteiger partial charge is 0.340 e. The Balaban J connectivity index is 0.00000256. The summed E-state index contributed by atoms with van der Waals surface area (Å²) >= 11 is 3.55. The highest BCUT2D eigenvalue weighted by atomic mass is 79.9. The Hall–Kier alpha value is -1.87. The lowest BCUT2D eigenvalue weighted by Gasteiger charge is -2.30. The molecular formula is C22H29BrCl2N2O5. The number of carbonyl (C=O) groups is 1. The fraction of sp³-hybridized carbons (Fsp3) is 0.409. The molecule has 1 aliphatic heterocycles. The molecule has 1 aliphatic rings. The van der Waals surface area contributed by atoms with Gasteiger partial charge in [0, 0.05) is 25.3 Å². The van der Waals surface area contributed by atoms with Gasteiger partial charge in [-0.15, -0.1) is 24.8 Å². The van der Waals surface area contributed by atoms with Gasteiger partial charge in [0.2, 0.25) is 0 Å². The molecule has 10 heteroatoms. The molecule has 0 aromatic heterocycles. The average Bonchev–Trinajstić information content (AvgIpc) is 2.79. The van der Waals surface area contributed by atoms with Gasteiger partial charge in [-0.05, 0) is 58.7 Å². The van der Waals surface area contributed by atoms with Crippen molar-refractivity contribution in [1.82, 2.24) is 0 Å². The topological polar surface area (TPSA) is 69.3 Å². The zero-order valence-electron chi connectivity index (χ0n) is 18.3. The maximum Gasteiger partial charge on any atom is 0.340 e. The molecule has 3 rings (SSSR count). The number of rotatable bonds is 8. The number of carbonyl (C=O) groups excluding carboxylic acids is 1. The van der Waals surface area contributed by atoms with E-state index < -0.39 is 0 Å². The third-order valence-electron chi connectivity index (χ3n) is 4.83. The number of methoxy groups -OCH3 is 2. The van der Waals surface area contributed by atoms with E-state index in [4.69, 9.17) is 18.9 Å². The minimum Gasteiger partial charge on any atom is -0.493 e. The lowest BCUT2D eigenvalue weighted by molar-refractivity contribution is 0.0600. The second-order valence-corrected chi connectivity index (χ2v) is 7.57. The largest absolute Gasteiger partial charge is 0.493 e. The SMILES string of the molecule is CCOc1c(Br)cc(CNc2ccc(N3CCOCC3)c(C(=O)OC)c2)cc1OC.Cl.Cl. The van der Waals surface area contributed by atoms with Crippen LogP contribution in [0.2, 0.25) is 0 Å². The quantitative estimate of drug-likeness (QED) is 0.466. The standard InChI is InChI=1S/C22H27BrN2O5.2ClH/c1-4-30-21-18(23)11-15(12-20(21)27-2)14-24-16-5-6-19(17(13-16)22(26)28-3)25-7-9-29-10-8-25;;/h5-6,11-13,24H,4,7-10,14H2,1-3H3;2*1H. The molecule has 0 bridgehead atoms. The Morgan fingerprint density at radius 3 is 2.50 bits per heavy atom. The first-order chi connectivity index (χ1) is 14.6. The van der Waals surface area contributed by atoms with Gasteiger partial charge in [0.15, 0.2) is 11.5 Å². The number of nitrogens with zero attached hydrogens (tertiary/aromatic N) is 1. The number of nitrogens with one attached hydrogen (secondary N) is 1. The van der Waals surface area contributed by atoms with Gasteiger partial charge in [-0.2, -0.15) is 0 Å². The van der Waals surface area contributed by atoms with Crippen molar-refractivity contribution in [2.75, 3.05) is 57.3 Å². The Bertz CT molecular complexity index is 895. The van der Waals surface area contributed by atoms with E-state index in [1.165, 1.54) is 7.11 Å². The number of esters is 1. The lowest BCUT2D eigenvalue weighted by Crippen LogP contribution is -2.37. The molecule has 0 unspecified atom stereocenters. The van der Waals surface area contributed by atoms with Crippen molar-refractivity contribution >= 4 is 58.1 Å². The fourth-order valence-corrected chi connectivity index (χ4v) is 3.97. The van der Waals surface area contributed by atoms with Crippen molar-refractivity contribution in [3.8, 4) is 11.5 Å². The van der Waals surface area contributed by atoms with E-state index in [-0.39, 0.29) is 30.8 Å². The number of hydrogen-bond donors (Lipinski definition) is 1. The Morgan fingerprint density at radius 2 is 1.88 bits per heavy atom. The second kappa shape index (κ2) is 13.6. The molecule has 0 spiro atoms. The van der Waals surface area contributed by atoms with Gasteiger partial charge < -0.3 is 29.2 Å². The van der Waals surface area contributed by atoms with Gasteiger partial charge in [-0.1, -0.05) is 0 Å². The molecule has 178 valence electrons. The molecule has 0 saturated carbocycles. The Kier molecular flexibility index (Phi) is 12.0. The van der Waals surface area contributed by atoms with Crippen LogP contribution >= 0.6 is 40.7 Å². The third kappa shape index (κ3) is 6.81. The van der Waals surface area contributed by atoms with E-state index in [0.29, 0.717) is 43.4 Å². The van der Waals surface area contributed by atoms with Crippen molar-refractivity contribution < 1.29 is 23.7 Å². The first-order valence-electron chi connectivity index (χ1n) is 9.85. The highest BCUT2D eigenvalue weighted by Crippen LogP contribution is 2.37. The molecule has 0 aliphatic carbocycles. The van der Waals surface area contributed by atoms with Crippen LogP contribution in [0.4, 0.5) is 11.4 Å². The van der Waals surface area contributed by atoms with Crippen LogP contribution in [0.3, 0.4) is 0 Å². The summed E-state index contributed by atoms with van der Waals surface area (Å²) in [6, 6.07) is 9.68. The number of benzene rings is 2. The summed E-state index contributed by atoms with van der Waals surface area (Å²) in [6.45, 7) is 5.83. The van der Waals surface area contributed by atoms with E-state index in [9.17, 15) is 4.79 Å². The molecule has 1 saturated heterocycles. The molecule has 7 nitrogen and oxygen atoms in total. The van der Waals surface area contributed by atoms with Gasteiger partial charge in [0.25, 0.3) is 0 Å². The zero-order chi connectivity index (χ0) is 21.5. The monoisotopic (exact) mass is 550 g/mol. The van der Waals surface area contributed by atoms with Crippen LogP contribution < -0.4 is 19.7 Å². The van der Waals surface area contributed by atoms with Crippen LogP contribution in [-0.2, 0) is 16.0 Å². The molecule has 0 amide bonds. The summed E-state index contributed by atoms with van der Waals surface area (Å²) in [7, 11) is 3.02. The summed E-state index contributed by atoms with van der Waals surface area (Å²) in [5.74, 6) is 0.998. The number of anilines is 2. The fourth-order valence-electron chi connectivity index (χ4n) is 3.36. The normalized spacial score (nSPS) is 12.8. The maximum atomic E-state index is 12.4. The van der Waals surface area contributed by atoms with Crippen molar-refractivity contribution in [3.05, 3.63) is 45.9 Å². The summed E-state index contributed by atoms with van der Waals surface area (Å²) in [4.78, 5) is 14.5. The van der Waals surface area contributed by atoms with Crippen LogP contribution in [0.25, 0.3) is 0 Å². The summed E-state index contributed by atoms with van der Waals surface area (Å²) in [5.41, 5.74) is 3.24. The second-order valence-electron chi connectivity index (χ2n) is 6.72. The van der Waals surface area contributed by atoms with Crippen molar-refractivity contribution in [3.63, 3.8) is 0 Å². The predicted molar refractivity (Wildman–Crippen MR) is 134 cm³/mol. The average molecular weight is 552 g/mol. The van der Waals surface area contributed by atoms with Gasteiger partial charge in [0.05, 0.1) is 49.8 Å². The summed E-state index contributed by atoms with van der Waals surface area (Å²) in [6.07, 6.45) is 0. The number of ether oxygens (including phenoxy) is 4. The summed E-state index contributed by atoms with van der Waals surface area (Å²) in [5, 5.41) is 3.37. The molecule has 0 radical (unpaired) electrons. The van der Waals surface area contributed by atoms with Crippen molar-refractivity contribution in [1.29, 1.82) is 0 Å². The molecule has 1 N–H and O–H groups in total. The van der Waals surface area contributed by atoms with Crippen molar-refractivity contribution in [2.45, 2.75) is 13.5 Å². The molecular weight excluding hydrogens is 523 g/mol. The van der Waals surface area contributed by atoms with Gasteiger partial charge in [0.1, 0.15) is 0 Å². The van der Waals surface area contributed by atoms with Crippen LogP contribution in [0.15, 0.2) is 34.8 Å². The predicted octanol–water partition coefficient (Wildman–Crippen LogP) is 4.94. The third-order valence-corrected chi connectivity index (χ3v) is 5.42. The summed E-state index contributed by atoms with van der Waals surface area (Å²) < 4.78 is 22.4. The molecule has 1 fully saturated rings. The molecule has 2 aromatic rings. The molecule has 1 heterocycles. The van der Waals surface area contributed by atoms with E-state index in [1.807, 2.05) is 37.3 Å². The van der Waals surface area contributed by atoms with E-state index in [2.05, 4.69) is 26.1 Å². The van der Waals surface area contributed by atoms with Crippen LogP contribution in [0, 0.1) is 0 Å². The highest BCUT2D eigenvalue weighted by Gasteiger charge is 2.20. The van der Waals surface area contributed by atoms with Gasteiger partial charge in [-0.25, -0.2) is 4.79 Å².